The molecule has 0 saturated carbocycles. The number of carbonyl (C=O) groups is 3. The predicted molar refractivity (Wildman–Crippen MR) is 89.9 cm³/mol. The average molecular weight is 368 g/mol. The molecule has 1 aromatic heterocycles. The average Bonchev–Trinajstić information content (AvgIpc) is 3.23. The number of aromatic nitrogens is 1. The van der Waals surface area contributed by atoms with Crippen molar-refractivity contribution in [3.63, 3.8) is 0 Å². The van der Waals surface area contributed by atoms with Gasteiger partial charge in [0, 0.05) is 10.9 Å². The summed E-state index contributed by atoms with van der Waals surface area (Å²) in [4.78, 5) is 45.6. The summed E-state index contributed by atoms with van der Waals surface area (Å²) < 4.78 is 13.8. The van der Waals surface area contributed by atoms with Crippen molar-refractivity contribution in [3.05, 3.63) is 76.5 Å². The molecule has 2 aromatic carbocycles. The molecule has 2 amide bonds. The van der Waals surface area contributed by atoms with Crippen LogP contribution in [-0.4, -0.2) is 27.8 Å². The number of fused-ring (bicyclic) bond motifs is 1. The molecule has 0 N–H and O–H groups in total. The van der Waals surface area contributed by atoms with E-state index in [0.29, 0.717) is 5.06 Å². The third kappa shape index (κ3) is 2.56. The van der Waals surface area contributed by atoms with Crippen LogP contribution in [-0.2, 0) is 4.84 Å². The van der Waals surface area contributed by atoms with E-state index in [-0.39, 0.29) is 27.4 Å². The van der Waals surface area contributed by atoms with Crippen molar-refractivity contribution in [2.75, 3.05) is 0 Å². The summed E-state index contributed by atoms with van der Waals surface area (Å²) in [7, 11) is 0. The molecule has 0 fully saturated rings. The molecule has 0 aliphatic carbocycles. The van der Waals surface area contributed by atoms with E-state index >= 15 is 0 Å². The lowest BCUT2D eigenvalue weighted by molar-refractivity contribution is -0.0587. The number of amides is 2. The zero-order valence-electron chi connectivity index (χ0n) is 13.0. The number of rotatable bonds is 3. The van der Waals surface area contributed by atoms with Crippen LogP contribution in [0.1, 0.15) is 31.2 Å². The van der Waals surface area contributed by atoms with Crippen molar-refractivity contribution < 1.29 is 23.6 Å². The Bertz CT molecular complexity index is 1030. The summed E-state index contributed by atoms with van der Waals surface area (Å²) >= 11 is 1.05. The summed E-state index contributed by atoms with van der Waals surface area (Å²) in [6, 6.07) is 12.2. The molecular weight excluding hydrogens is 359 g/mol. The van der Waals surface area contributed by atoms with Crippen LogP contribution < -0.4 is 0 Å². The van der Waals surface area contributed by atoms with Gasteiger partial charge in [0.2, 0.25) is 0 Å². The zero-order valence-corrected chi connectivity index (χ0v) is 13.8. The first-order valence-corrected chi connectivity index (χ1v) is 8.35. The van der Waals surface area contributed by atoms with E-state index in [4.69, 9.17) is 4.84 Å². The van der Waals surface area contributed by atoms with E-state index in [0.717, 1.165) is 11.3 Å². The molecule has 3 aromatic rings. The Kier molecular flexibility index (Phi) is 3.81. The number of carbonyl (C=O) groups excluding carboxylic acids is 3. The summed E-state index contributed by atoms with van der Waals surface area (Å²) in [5.41, 5.74) is 0.452. The van der Waals surface area contributed by atoms with E-state index in [9.17, 15) is 18.8 Å². The highest BCUT2D eigenvalue weighted by molar-refractivity contribution is 7.13. The topological polar surface area (TPSA) is 76.6 Å². The SMILES string of the molecule is O=C(ON1C(=O)c2ccccc2C1=O)c1csc(-c2ccccc2F)n1. The van der Waals surface area contributed by atoms with Crippen molar-refractivity contribution in [2.45, 2.75) is 0 Å². The Morgan fingerprint density at radius 3 is 2.15 bits per heavy atom. The second-order valence-electron chi connectivity index (χ2n) is 5.35. The van der Waals surface area contributed by atoms with Crippen molar-refractivity contribution in [1.29, 1.82) is 0 Å². The molecule has 128 valence electrons. The highest BCUT2D eigenvalue weighted by Gasteiger charge is 2.39. The molecule has 0 bridgehead atoms. The molecule has 1 aliphatic heterocycles. The number of hydroxylamine groups is 2. The minimum atomic E-state index is -0.974. The molecule has 2 heterocycles. The van der Waals surface area contributed by atoms with Gasteiger partial charge >= 0.3 is 5.97 Å². The third-order valence-corrected chi connectivity index (χ3v) is 4.62. The van der Waals surface area contributed by atoms with Crippen LogP contribution in [0.5, 0.6) is 0 Å². The lowest BCUT2D eigenvalue weighted by Gasteiger charge is -2.11. The summed E-state index contributed by atoms with van der Waals surface area (Å²) in [6.07, 6.45) is 0. The Labute approximate surface area is 150 Å². The van der Waals surface area contributed by atoms with Crippen molar-refractivity contribution >= 4 is 29.1 Å². The number of hydrogen-bond acceptors (Lipinski definition) is 6. The smallest absolute Gasteiger partial charge is 0.322 e. The maximum absolute atomic E-state index is 13.8. The summed E-state index contributed by atoms with van der Waals surface area (Å²) in [6.45, 7) is 0. The van der Waals surface area contributed by atoms with Gasteiger partial charge in [-0.2, -0.15) is 0 Å². The zero-order chi connectivity index (χ0) is 18.3. The van der Waals surface area contributed by atoms with Crippen LogP contribution in [0.4, 0.5) is 4.39 Å². The van der Waals surface area contributed by atoms with E-state index in [1.165, 1.54) is 29.6 Å². The quantitative estimate of drug-likeness (QED) is 0.663. The monoisotopic (exact) mass is 368 g/mol. The van der Waals surface area contributed by atoms with Gasteiger partial charge in [-0.25, -0.2) is 14.2 Å². The van der Waals surface area contributed by atoms with Gasteiger partial charge in [-0.1, -0.05) is 29.3 Å². The fourth-order valence-corrected chi connectivity index (χ4v) is 3.32. The van der Waals surface area contributed by atoms with E-state index in [1.807, 2.05) is 0 Å². The first-order chi connectivity index (χ1) is 12.6. The fourth-order valence-electron chi connectivity index (χ4n) is 2.51. The first-order valence-electron chi connectivity index (χ1n) is 7.47. The van der Waals surface area contributed by atoms with E-state index in [2.05, 4.69) is 4.98 Å². The van der Waals surface area contributed by atoms with Crippen LogP contribution in [0, 0.1) is 5.82 Å². The summed E-state index contributed by atoms with van der Waals surface area (Å²) in [5.74, 6) is -2.88. The minimum Gasteiger partial charge on any atom is -0.322 e. The van der Waals surface area contributed by atoms with Crippen LogP contribution in [0.25, 0.3) is 10.6 Å². The van der Waals surface area contributed by atoms with E-state index < -0.39 is 23.6 Å². The molecule has 26 heavy (non-hydrogen) atoms. The normalized spacial score (nSPS) is 13.0. The number of halogens is 1. The van der Waals surface area contributed by atoms with E-state index in [1.54, 1.807) is 24.3 Å². The number of thiazole rings is 1. The number of imide groups is 1. The molecule has 6 nitrogen and oxygen atoms in total. The molecule has 0 spiro atoms. The third-order valence-electron chi connectivity index (χ3n) is 3.75. The van der Waals surface area contributed by atoms with Gasteiger partial charge in [-0.05, 0) is 24.3 Å². The Hall–Kier alpha value is -3.39. The lowest BCUT2D eigenvalue weighted by Crippen LogP contribution is -2.32. The molecule has 8 heteroatoms. The van der Waals surface area contributed by atoms with Crippen LogP contribution in [0.15, 0.2) is 53.9 Å². The van der Waals surface area contributed by atoms with Gasteiger partial charge in [-0.3, -0.25) is 9.59 Å². The predicted octanol–water partition coefficient (Wildman–Crippen LogP) is 3.32. The second-order valence-corrected chi connectivity index (χ2v) is 6.20. The van der Waals surface area contributed by atoms with Gasteiger partial charge < -0.3 is 4.84 Å². The number of nitrogens with zero attached hydrogens (tertiary/aromatic N) is 2. The van der Waals surface area contributed by atoms with Crippen molar-refractivity contribution in [3.8, 4) is 10.6 Å². The molecule has 0 radical (unpaired) electrons. The molecule has 0 unspecified atom stereocenters. The van der Waals surface area contributed by atoms with Crippen molar-refractivity contribution in [1.82, 2.24) is 10.0 Å². The van der Waals surface area contributed by atoms with Gasteiger partial charge in [0.1, 0.15) is 10.8 Å². The largest absolute Gasteiger partial charge is 0.383 e. The molecule has 1 aliphatic rings. The lowest BCUT2D eigenvalue weighted by atomic mass is 10.1. The Morgan fingerprint density at radius 1 is 0.962 bits per heavy atom. The molecule has 0 saturated heterocycles. The molecule has 0 atom stereocenters. The maximum Gasteiger partial charge on any atom is 0.383 e. The second kappa shape index (κ2) is 6.16. The first kappa shape index (κ1) is 16.1. The maximum atomic E-state index is 13.8. The van der Waals surface area contributed by atoms with Crippen molar-refractivity contribution in [2.24, 2.45) is 0 Å². The Morgan fingerprint density at radius 2 is 1.54 bits per heavy atom. The number of benzene rings is 2. The van der Waals surface area contributed by atoms with Crippen LogP contribution in [0.2, 0.25) is 0 Å². The van der Waals surface area contributed by atoms with Gasteiger partial charge in [-0.15, -0.1) is 11.3 Å². The van der Waals surface area contributed by atoms with Crippen LogP contribution in [0.3, 0.4) is 0 Å². The summed E-state index contributed by atoms with van der Waals surface area (Å²) in [5, 5.41) is 2.08. The van der Waals surface area contributed by atoms with Gasteiger partial charge in [0.15, 0.2) is 5.69 Å². The molecule has 4 rings (SSSR count). The number of hydrogen-bond donors (Lipinski definition) is 0. The van der Waals surface area contributed by atoms with Gasteiger partial charge in [0.25, 0.3) is 11.8 Å². The van der Waals surface area contributed by atoms with Crippen LogP contribution >= 0.6 is 11.3 Å². The standard InChI is InChI=1S/C18H9FN2O4S/c19-13-8-4-3-7-12(13)15-20-14(9-26-15)18(24)25-21-16(22)10-5-1-2-6-11(10)17(21)23/h1-9H. The molecular formula is C18H9FN2O4S. The highest BCUT2D eigenvalue weighted by Crippen LogP contribution is 2.27. The Balaban J connectivity index is 1.56. The highest BCUT2D eigenvalue weighted by atomic mass is 32.1. The minimum absolute atomic E-state index is 0.121. The van der Waals surface area contributed by atoms with Gasteiger partial charge in [0.05, 0.1) is 11.1 Å². The fraction of sp³-hybridized carbons (Fsp3) is 0.